The molecule has 1 atom stereocenters. The molecule has 0 saturated carbocycles. The van der Waals surface area contributed by atoms with E-state index >= 15 is 0 Å². The Labute approximate surface area is 127 Å². The number of ether oxygens (including phenoxy) is 3. The molecule has 1 aliphatic heterocycles. The molecule has 1 aromatic heterocycles. The number of pyridine rings is 1. The molecular weight excluding hydrogens is 268 g/mol. The Morgan fingerprint density at radius 2 is 2.10 bits per heavy atom. The summed E-state index contributed by atoms with van der Waals surface area (Å²) in [6.45, 7) is 7.05. The normalized spacial score (nSPS) is 19.2. The van der Waals surface area contributed by atoms with Gasteiger partial charge in [0.05, 0.1) is 24.4 Å². The van der Waals surface area contributed by atoms with E-state index in [0.717, 1.165) is 43.9 Å². The maximum absolute atomic E-state index is 5.94. The highest BCUT2D eigenvalue weighted by molar-refractivity contribution is 5.28. The number of nitrogens with one attached hydrogen (secondary N) is 1. The second-order valence-electron chi connectivity index (χ2n) is 5.26. The average molecular weight is 294 g/mol. The number of methoxy groups -OCH3 is 1. The van der Waals surface area contributed by atoms with Gasteiger partial charge in [-0.2, -0.15) is 0 Å². The summed E-state index contributed by atoms with van der Waals surface area (Å²) >= 11 is 0. The van der Waals surface area contributed by atoms with Crippen LogP contribution in [0.5, 0.6) is 5.75 Å². The van der Waals surface area contributed by atoms with Crippen molar-refractivity contribution >= 4 is 0 Å². The molecule has 2 heterocycles. The van der Waals surface area contributed by atoms with Gasteiger partial charge in [-0.1, -0.05) is 6.92 Å². The standard InChI is InChI=1S/C16H26N2O3/c1-4-18-15(16(19-3)6-8-20-9-7-16)13-10-14(21-5-2)12-17-11-13/h10-12,15,18H,4-9H2,1-3H3. The van der Waals surface area contributed by atoms with E-state index in [-0.39, 0.29) is 11.6 Å². The minimum atomic E-state index is -0.249. The Morgan fingerprint density at radius 3 is 2.71 bits per heavy atom. The number of aromatic nitrogens is 1. The summed E-state index contributed by atoms with van der Waals surface area (Å²) in [6, 6.07) is 2.14. The first-order valence-electron chi connectivity index (χ1n) is 7.69. The lowest BCUT2D eigenvalue weighted by Gasteiger charge is -2.42. The molecule has 1 fully saturated rings. The van der Waals surface area contributed by atoms with E-state index in [1.807, 2.05) is 13.1 Å². The summed E-state index contributed by atoms with van der Waals surface area (Å²) in [4.78, 5) is 4.31. The monoisotopic (exact) mass is 294 g/mol. The van der Waals surface area contributed by atoms with Crippen molar-refractivity contribution in [3.63, 3.8) is 0 Å². The fourth-order valence-electron chi connectivity index (χ4n) is 2.98. The zero-order chi connectivity index (χ0) is 15.1. The third-order valence-electron chi connectivity index (χ3n) is 4.06. The maximum Gasteiger partial charge on any atom is 0.137 e. The predicted molar refractivity (Wildman–Crippen MR) is 81.6 cm³/mol. The smallest absolute Gasteiger partial charge is 0.137 e. The van der Waals surface area contributed by atoms with E-state index in [1.54, 1.807) is 13.3 Å². The molecule has 5 nitrogen and oxygen atoms in total. The molecule has 1 aromatic rings. The van der Waals surface area contributed by atoms with Gasteiger partial charge in [-0.25, -0.2) is 0 Å². The van der Waals surface area contributed by atoms with Crippen LogP contribution >= 0.6 is 0 Å². The van der Waals surface area contributed by atoms with Gasteiger partial charge >= 0.3 is 0 Å². The summed E-state index contributed by atoms with van der Waals surface area (Å²) in [5, 5.41) is 3.55. The second kappa shape index (κ2) is 7.73. The van der Waals surface area contributed by atoms with Crippen LogP contribution in [-0.4, -0.2) is 44.1 Å². The second-order valence-corrected chi connectivity index (χ2v) is 5.26. The van der Waals surface area contributed by atoms with Gasteiger partial charge in [-0.3, -0.25) is 4.98 Å². The molecule has 1 saturated heterocycles. The number of hydrogen-bond donors (Lipinski definition) is 1. The van der Waals surface area contributed by atoms with Crippen molar-refractivity contribution in [2.24, 2.45) is 0 Å². The topological polar surface area (TPSA) is 52.6 Å². The van der Waals surface area contributed by atoms with Crippen molar-refractivity contribution in [2.75, 3.05) is 33.5 Å². The van der Waals surface area contributed by atoms with E-state index in [1.165, 1.54) is 0 Å². The van der Waals surface area contributed by atoms with Gasteiger partial charge < -0.3 is 19.5 Å². The number of likely N-dealkylation sites (N-methyl/N-ethyl adjacent to an activating group) is 1. The largest absolute Gasteiger partial charge is 0.492 e. The first-order chi connectivity index (χ1) is 10.3. The van der Waals surface area contributed by atoms with Gasteiger partial charge in [-0.15, -0.1) is 0 Å². The lowest BCUT2D eigenvalue weighted by molar-refractivity contribution is -0.111. The van der Waals surface area contributed by atoms with E-state index < -0.39 is 0 Å². The fraction of sp³-hybridized carbons (Fsp3) is 0.688. The summed E-state index contributed by atoms with van der Waals surface area (Å²) in [5.41, 5.74) is 0.854. The Morgan fingerprint density at radius 1 is 1.33 bits per heavy atom. The lowest BCUT2D eigenvalue weighted by Crippen LogP contribution is -2.49. The lowest BCUT2D eigenvalue weighted by atomic mass is 9.82. The number of rotatable bonds is 7. The zero-order valence-electron chi connectivity index (χ0n) is 13.2. The molecule has 1 aliphatic rings. The Balaban J connectivity index is 2.30. The molecule has 0 spiro atoms. The number of hydrogen-bond acceptors (Lipinski definition) is 5. The molecule has 0 aliphatic carbocycles. The van der Waals surface area contributed by atoms with E-state index in [0.29, 0.717) is 6.61 Å². The summed E-state index contributed by atoms with van der Waals surface area (Å²) < 4.78 is 17.0. The third-order valence-corrected chi connectivity index (χ3v) is 4.06. The fourth-order valence-corrected chi connectivity index (χ4v) is 2.98. The van der Waals surface area contributed by atoms with Crippen LogP contribution < -0.4 is 10.1 Å². The molecule has 2 rings (SSSR count). The maximum atomic E-state index is 5.94. The van der Waals surface area contributed by atoms with Crippen LogP contribution in [0.3, 0.4) is 0 Å². The predicted octanol–water partition coefficient (Wildman–Crippen LogP) is 2.33. The van der Waals surface area contributed by atoms with Crippen LogP contribution in [0.15, 0.2) is 18.5 Å². The molecule has 0 aromatic carbocycles. The van der Waals surface area contributed by atoms with Crippen molar-refractivity contribution in [3.05, 3.63) is 24.0 Å². The van der Waals surface area contributed by atoms with Crippen molar-refractivity contribution in [3.8, 4) is 5.75 Å². The van der Waals surface area contributed by atoms with Gasteiger partial charge in [0.15, 0.2) is 0 Å². The quantitative estimate of drug-likeness (QED) is 0.836. The highest BCUT2D eigenvalue weighted by Gasteiger charge is 2.41. The van der Waals surface area contributed by atoms with Gasteiger partial charge in [0.2, 0.25) is 0 Å². The molecule has 0 bridgehead atoms. The highest BCUT2D eigenvalue weighted by atomic mass is 16.5. The van der Waals surface area contributed by atoms with Crippen molar-refractivity contribution in [2.45, 2.75) is 38.3 Å². The van der Waals surface area contributed by atoms with Crippen LogP contribution in [0, 0.1) is 0 Å². The zero-order valence-corrected chi connectivity index (χ0v) is 13.2. The molecule has 0 radical (unpaired) electrons. The molecule has 1 N–H and O–H groups in total. The molecule has 1 unspecified atom stereocenters. The molecule has 0 amide bonds. The summed E-state index contributed by atoms with van der Waals surface area (Å²) in [7, 11) is 1.79. The van der Waals surface area contributed by atoms with Gasteiger partial charge in [-0.05, 0) is 25.1 Å². The minimum absolute atomic E-state index is 0.0873. The SMILES string of the molecule is CCNC(c1cncc(OCC)c1)C1(OC)CCOCC1. The Bertz CT molecular complexity index is 433. The van der Waals surface area contributed by atoms with E-state index in [2.05, 4.69) is 23.3 Å². The van der Waals surface area contributed by atoms with Crippen molar-refractivity contribution in [1.82, 2.24) is 10.3 Å². The summed E-state index contributed by atoms with van der Waals surface area (Å²) in [5.74, 6) is 0.802. The molecular formula is C16H26N2O3. The van der Waals surface area contributed by atoms with Crippen LogP contribution in [0.2, 0.25) is 0 Å². The minimum Gasteiger partial charge on any atom is -0.492 e. The highest BCUT2D eigenvalue weighted by Crippen LogP contribution is 2.37. The molecule has 118 valence electrons. The summed E-state index contributed by atoms with van der Waals surface area (Å²) in [6.07, 6.45) is 5.39. The van der Waals surface area contributed by atoms with Crippen LogP contribution in [0.4, 0.5) is 0 Å². The Hall–Kier alpha value is -1.17. The number of nitrogens with zero attached hydrogens (tertiary/aromatic N) is 1. The Kier molecular flexibility index (Phi) is 5.96. The van der Waals surface area contributed by atoms with Crippen molar-refractivity contribution < 1.29 is 14.2 Å². The van der Waals surface area contributed by atoms with Crippen LogP contribution in [0.25, 0.3) is 0 Å². The van der Waals surface area contributed by atoms with Crippen molar-refractivity contribution in [1.29, 1.82) is 0 Å². The van der Waals surface area contributed by atoms with E-state index in [4.69, 9.17) is 14.2 Å². The first-order valence-corrected chi connectivity index (χ1v) is 7.69. The van der Waals surface area contributed by atoms with Gasteiger partial charge in [0.1, 0.15) is 5.75 Å². The van der Waals surface area contributed by atoms with Crippen LogP contribution in [0.1, 0.15) is 38.3 Å². The molecule has 21 heavy (non-hydrogen) atoms. The molecule has 5 heteroatoms. The van der Waals surface area contributed by atoms with Gasteiger partial charge in [0.25, 0.3) is 0 Å². The van der Waals surface area contributed by atoms with Crippen LogP contribution in [-0.2, 0) is 9.47 Å². The third kappa shape index (κ3) is 3.73. The average Bonchev–Trinajstić information content (AvgIpc) is 2.54. The van der Waals surface area contributed by atoms with E-state index in [9.17, 15) is 0 Å². The first kappa shape index (κ1) is 16.2. The van der Waals surface area contributed by atoms with Gasteiger partial charge in [0, 0.05) is 39.4 Å².